The molecular formula is C22H27NO4S. The van der Waals surface area contributed by atoms with Gasteiger partial charge in [-0.3, -0.25) is 4.79 Å². The van der Waals surface area contributed by atoms with Crippen molar-refractivity contribution in [2.45, 2.75) is 37.7 Å². The van der Waals surface area contributed by atoms with Crippen molar-refractivity contribution < 1.29 is 19.0 Å². The van der Waals surface area contributed by atoms with E-state index >= 15 is 0 Å². The van der Waals surface area contributed by atoms with Crippen molar-refractivity contribution in [1.82, 2.24) is 5.32 Å². The number of amides is 1. The van der Waals surface area contributed by atoms with Gasteiger partial charge in [0.2, 0.25) is 5.91 Å². The molecule has 1 aliphatic heterocycles. The highest BCUT2D eigenvalue weighted by atomic mass is 32.2. The van der Waals surface area contributed by atoms with Gasteiger partial charge in [-0.25, -0.2) is 0 Å². The summed E-state index contributed by atoms with van der Waals surface area (Å²) < 4.78 is 16.5. The molecule has 28 heavy (non-hydrogen) atoms. The van der Waals surface area contributed by atoms with E-state index in [-0.39, 0.29) is 17.6 Å². The Bertz CT molecular complexity index is 820. The maximum atomic E-state index is 12.5. The lowest BCUT2D eigenvalue weighted by Crippen LogP contribution is -2.41. The van der Waals surface area contributed by atoms with Gasteiger partial charge in [-0.15, -0.1) is 11.8 Å². The molecule has 3 rings (SSSR count). The number of nitrogens with one attached hydrogen (secondary N) is 1. The number of carbonyl (C=O) groups is 1. The number of benzene rings is 2. The molecule has 0 aliphatic carbocycles. The number of methoxy groups -OCH3 is 2. The van der Waals surface area contributed by atoms with E-state index in [1.807, 2.05) is 56.3 Å². The van der Waals surface area contributed by atoms with Crippen molar-refractivity contribution >= 4 is 17.7 Å². The van der Waals surface area contributed by atoms with Crippen molar-refractivity contribution in [3.05, 3.63) is 53.6 Å². The number of rotatable bonds is 7. The number of hydrogen-bond acceptors (Lipinski definition) is 5. The minimum Gasteiger partial charge on any atom is -0.497 e. The summed E-state index contributed by atoms with van der Waals surface area (Å²) in [7, 11) is 3.29. The van der Waals surface area contributed by atoms with E-state index in [1.165, 1.54) is 5.56 Å². The summed E-state index contributed by atoms with van der Waals surface area (Å²) in [5.41, 5.74) is 1.81. The first-order valence-electron chi connectivity index (χ1n) is 9.27. The number of fused-ring (bicyclic) bond motifs is 1. The van der Waals surface area contributed by atoms with E-state index in [0.717, 1.165) is 35.0 Å². The van der Waals surface area contributed by atoms with Gasteiger partial charge >= 0.3 is 0 Å². The average Bonchev–Trinajstić information content (AvgIpc) is 2.67. The van der Waals surface area contributed by atoms with Crippen LogP contribution in [0.2, 0.25) is 0 Å². The number of thioether (sulfide) groups is 1. The summed E-state index contributed by atoms with van der Waals surface area (Å²) >= 11 is 1.60. The Balaban J connectivity index is 1.58. The first kappa shape index (κ1) is 20.4. The Kier molecular flexibility index (Phi) is 6.39. The smallest absolute Gasteiger partial charge is 0.230 e. The van der Waals surface area contributed by atoms with Gasteiger partial charge in [0.15, 0.2) is 0 Å². The highest BCUT2D eigenvalue weighted by Crippen LogP contribution is 2.41. The van der Waals surface area contributed by atoms with Gasteiger partial charge in [0.1, 0.15) is 22.8 Å². The Morgan fingerprint density at radius 3 is 2.50 bits per heavy atom. The van der Waals surface area contributed by atoms with Crippen LogP contribution in [0.4, 0.5) is 0 Å². The van der Waals surface area contributed by atoms with Crippen LogP contribution >= 0.6 is 11.8 Å². The lowest BCUT2D eigenvalue weighted by Gasteiger charge is -2.38. The molecule has 5 nitrogen and oxygen atoms in total. The predicted octanol–water partition coefficient (Wildman–Crippen LogP) is 4.36. The van der Waals surface area contributed by atoms with Gasteiger partial charge in [-0.1, -0.05) is 12.1 Å². The molecule has 2 aromatic carbocycles. The van der Waals surface area contributed by atoms with Crippen LogP contribution in [0.25, 0.3) is 0 Å². The van der Waals surface area contributed by atoms with Gasteiger partial charge in [0.05, 0.1) is 26.0 Å². The molecular weight excluding hydrogens is 374 g/mol. The maximum absolute atomic E-state index is 12.5. The molecule has 1 atom stereocenters. The third kappa shape index (κ3) is 5.13. The van der Waals surface area contributed by atoms with Crippen LogP contribution < -0.4 is 19.5 Å². The van der Waals surface area contributed by atoms with E-state index in [0.29, 0.717) is 5.75 Å². The van der Waals surface area contributed by atoms with E-state index < -0.39 is 0 Å². The zero-order chi connectivity index (χ0) is 20.1. The quantitative estimate of drug-likeness (QED) is 0.747. The Morgan fingerprint density at radius 1 is 1.14 bits per heavy atom. The summed E-state index contributed by atoms with van der Waals surface area (Å²) in [4.78, 5) is 12.5. The fourth-order valence-corrected chi connectivity index (χ4v) is 4.11. The summed E-state index contributed by atoms with van der Waals surface area (Å²) in [5, 5.41) is 3.17. The normalized spacial score (nSPS) is 17.2. The molecule has 0 radical (unpaired) electrons. The Labute approximate surface area is 170 Å². The SMILES string of the molecule is COc1ccc(CSCC(=O)NC2CC(C)(C)Oc3cc(OC)ccc32)cc1. The van der Waals surface area contributed by atoms with Crippen molar-refractivity contribution in [3.8, 4) is 17.2 Å². The summed E-state index contributed by atoms with van der Waals surface area (Å²) in [6.45, 7) is 4.07. The van der Waals surface area contributed by atoms with Crippen molar-refractivity contribution in [3.63, 3.8) is 0 Å². The van der Waals surface area contributed by atoms with E-state index in [4.69, 9.17) is 14.2 Å². The van der Waals surface area contributed by atoms with Crippen molar-refractivity contribution in [2.24, 2.45) is 0 Å². The standard InChI is InChI=1S/C22H27NO4S/c1-22(2)12-19(18-10-9-17(26-4)11-20(18)27-22)23-21(24)14-28-13-15-5-7-16(25-3)8-6-15/h5-11,19H,12-14H2,1-4H3,(H,23,24). The molecule has 0 fully saturated rings. The number of carbonyl (C=O) groups excluding carboxylic acids is 1. The lowest BCUT2D eigenvalue weighted by molar-refractivity contribution is -0.119. The fourth-order valence-electron chi connectivity index (χ4n) is 3.31. The zero-order valence-corrected chi connectivity index (χ0v) is 17.6. The molecule has 1 aliphatic rings. The van der Waals surface area contributed by atoms with Crippen LogP contribution in [0.5, 0.6) is 17.2 Å². The summed E-state index contributed by atoms with van der Waals surface area (Å²) in [6, 6.07) is 13.6. The molecule has 1 heterocycles. The molecule has 0 aromatic heterocycles. The second-order valence-electron chi connectivity index (χ2n) is 7.43. The van der Waals surface area contributed by atoms with Gasteiger partial charge < -0.3 is 19.5 Å². The van der Waals surface area contributed by atoms with Crippen LogP contribution in [0.1, 0.15) is 37.4 Å². The van der Waals surface area contributed by atoms with Crippen molar-refractivity contribution in [2.75, 3.05) is 20.0 Å². The van der Waals surface area contributed by atoms with Crippen molar-refractivity contribution in [1.29, 1.82) is 0 Å². The predicted molar refractivity (Wildman–Crippen MR) is 112 cm³/mol. The van der Waals surface area contributed by atoms with Crippen LogP contribution in [0, 0.1) is 0 Å². The first-order valence-corrected chi connectivity index (χ1v) is 10.4. The fraction of sp³-hybridized carbons (Fsp3) is 0.409. The third-order valence-electron chi connectivity index (χ3n) is 4.67. The molecule has 0 bridgehead atoms. The van der Waals surface area contributed by atoms with Gasteiger partial charge in [0.25, 0.3) is 0 Å². The molecule has 6 heteroatoms. The largest absolute Gasteiger partial charge is 0.497 e. The van der Waals surface area contributed by atoms with Gasteiger partial charge in [-0.2, -0.15) is 0 Å². The highest BCUT2D eigenvalue weighted by Gasteiger charge is 2.34. The highest BCUT2D eigenvalue weighted by molar-refractivity contribution is 7.99. The van der Waals surface area contributed by atoms with Crippen LogP contribution in [0.3, 0.4) is 0 Å². The zero-order valence-electron chi connectivity index (χ0n) is 16.8. The maximum Gasteiger partial charge on any atom is 0.230 e. The topological polar surface area (TPSA) is 56.8 Å². The van der Waals surface area contributed by atoms with Crippen LogP contribution in [-0.4, -0.2) is 31.5 Å². The molecule has 1 N–H and O–H groups in total. The Morgan fingerprint density at radius 2 is 1.82 bits per heavy atom. The van der Waals surface area contributed by atoms with E-state index in [9.17, 15) is 4.79 Å². The molecule has 1 unspecified atom stereocenters. The average molecular weight is 402 g/mol. The minimum absolute atomic E-state index is 0.0305. The summed E-state index contributed by atoms with van der Waals surface area (Å²) in [6.07, 6.45) is 0.723. The molecule has 0 spiro atoms. The molecule has 0 saturated carbocycles. The third-order valence-corrected chi connectivity index (χ3v) is 5.68. The monoisotopic (exact) mass is 401 g/mol. The Hall–Kier alpha value is -2.34. The van der Waals surface area contributed by atoms with Crippen LogP contribution in [0.15, 0.2) is 42.5 Å². The molecule has 2 aromatic rings. The lowest BCUT2D eigenvalue weighted by atomic mass is 9.89. The molecule has 150 valence electrons. The number of ether oxygens (including phenoxy) is 3. The summed E-state index contributed by atoms with van der Waals surface area (Å²) in [5.74, 6) is 3.58. The van der Waals surface area contributed by atoms with Crippen LogP contribution in [-0.2, 0) is 10.5 Å². The van der Waals surface area contributed by atoms with Gasteiger partial charge in [-0.05, 0) is 43.7 Å². The van der Waals surface area contributed by atoms with Gasteiger partial charge in [0, 0.05) is 23.8 Å². The molecule has 0 saturated heterocycles. The van der Waals surface area contributed by atoms with E-state index in [1.54, 1.807) is 26.0 Å². The molecule has 1 amide bonds. The first-order chi connectivity index (χ1) is 13.4. The van der Waals surface area contributed by atoms with E-state index in [2.05, 4.69) is 5.32 Å². The second kappa shape index (κ2) is 8.78. The number of hydrogen-bond donors (Lipinski definition) is 1. The minimum atomic E-state index is -0.354. The second-order valence-corrected chi connectivity index (χ2v) is 8.42.